The van der Waals surface area contributed by atoms with Gasteiger partial charge >= 0.3 is 0 Å². The van der Waals surface area contributed by atoms with Gasteiger partial charge in [0.25, 0.3) is 0 Å². The second-order valence-electron chi connectivity index (χ2n) is 4.98. The molecule has 0 fully saturated rings. The molecule has 0 amide bonds. The number of rotatable bonds is 3. The summed E-state index contributed by atoms with van der Waals surface area (Å²) in [5, 5.41) is 0. The molecule has 0 saturated heterocycles. The van der Waals surface area contributed by atoms with E-state index in [1.54, 1.807) is 0 Å². The summed E-state index contributed by atoms with van der Waals surface area (Å²) >= 11 is 0. The Balaban J connectivity index is 3.12. The second kappa shape index (κ2) is 4.75. The number of benzene rings is 1. The molecule has 0 aromatic heterocycles. The van der Waals surface area contributed by atoms with E-state index in [1.165, 1.54) is 0 Å². The van der Waals surface area contributed by atoms with Gasteiger partial charge in [0.2, 0.25) is 0 Å². The number of nitrogens with two attached hydrogens (primary N) is 1. The smallest absolute Gasteiger partial charge is 0.0968 e. The van der Waals surface area contributed by atoms with E-state index in [9.17, 15) is 4.39 Å². The number of halogens is 1. The van der Waals surface area contributed by atoms with E-state index >= 15 is 0 Å². The summed E-state index contributed by atoms with van der Waals surface area (Å²) in [4.78, 5) is 0. The molecular formula is C13H20FN. The van der Waals surface area contributed by atoms with E-state index in [-0.39, 0.29) is 18.0 Å². The Morgan fingerprint density at radius 3 is 2.33 bits per heavy atom. The third-order valence-electron chi connectivity index (χ3n) is 2.85. The molecule has 0 aliphatic rings. The Bertz CT molecular complexity index is 315. The molecule has 0 spiro atoms. The Morgan fingerprint density at radius 1 is 1.27 bits per heavy atom. The van der Waals surface area contributed by atoms with Gasteiger partial charge in [-0.2, -0.15) is 0 Å². The van der Waals surface area contributed by atoms with E-state index < -0.39 is 0 Å². The first-order chi connectivity index (χ1) is 7.00. The van der Waals surface area contributed by atoms with Crippen LogP contribution in [0.1, 0.15) is 37.8 Å². The first-order valence-electron chi connectivity index (χ1n) is 5.34. The Kier molecular flexibility index (Phi) is 3.86. The van der Waals surface area contributed by atoms with Gasteiger partial charge in [0.15, 0.2) is 0 Å². The lowest BCUT2D eigenvalue weighted by molar-refractivity contribution is 0.261. The summed E-state index contributed by atoms with van der Waals surface area (Å²) in [5.41, 5.74) is 7.70. The van der Waals surface area contributed by atoms with E-state index in [0.717, 1.165) is 11.1 Å². The van der Waals surface area contributed by atoms with Crippen LogP contribution in [0.5, 0.6) is 0 Å². The summed E-state index contributed by atoms with van der Waals surface area (Å²) in [5.74, 6) is -0.0720. The van der Waals surface area contributed by atoms with Crippen LogP contribution in [0.3, 0.4) is 0 Å². The molecule has 0 bridgehead atoms. The summed E-state index contributed by atoms with van der Waals surface area (Å²) in [6.45, 7) is 6.32. The summed E-state index contributed by atoms with van der Waals surface area (Å²) in [6.07, 6.45) is 0. The minimum atomic E-state index is -0.333. The third kappa shape index (κ3) is 2.78. The van der Waals surface area contributed by atoms with Crippen molar-refractivity contribution >= 4 is 0 Å². The highest BCUT2D eigenvalue weighted by Crippen LogP contribution is 2.36. The number of hydrogen-bond donors (Lipinski definition) is 1. The minimum Gasteiger partial charge on any atom is -0.326 e. The monoisotopic (exact) mass is 209 g/mol. The van der Waals surface area contributed by atoms with Crippen molar-refractivity contribution < 1.29 is 4.39 Å². The molecule has 0 heterocycles. The summed E-state index contributed by atoms with van der Waals surface area (Å²) < 4.78 is 13.1. The molecule has 1 aromatic rings. The van der Waals surface area contributed by atoms with Gasteiger partial charge in [-0.3, -0.25) is 4.39 Å². The van der Waals surface area contributed by atoms with Gasteiger partial charge in [-0.25, -0.2) is 0 Å². The standard InChI is InChI=1S/C13H20FN/c1-13(2,3)12(8-14)11-7-5-4-6-10(11)9-15/h4-7,12H,8-9,15H2,1-3H3. The van der Waals surface area contributed by atoms with E-state index in [2.05, 4.69) is 20.8 Å². The van der Waals surface area contributed by atoms with Crippen molar-refractivity contribution in [1.29, 1.82) is 0 Å². The Hall–Kier alpha value is -0.890. The molecule has 0 radical (unpaired) electrons. The van der Waals surface area contributed by atoms with E-state index in [4.69, 9.17) is 5.73 Å². The molecule has 1 atom stereocenters. The van der Waals surface area contributed by atoms with Gasteiger partial charge in [-0.05, 0) is 16.5 Å². The first kappa shape index (κ1) is 12.2. The molecule has 1 rings (SSSR count). The Labute approximate surface area is 91.5 Å². The molecule has 2 N–H and O–H groups in total. The van der Waals surface area contributed by atoms with E-state index in [1.807, 2.05) is 24.3 Å². The molecule has 15 heavy (non-hydrogen) atoms. The molecule has 0 aliphatic carbocycles. The lowest BCUT2D eigenvalue weighted by Crippen LogP contribution is -2.22. The lowest BCUT2D eigenvalue weighted by Gasteiger charge is -2.30. The molecule has 2 heteroatoms. The fraction of sp³-hybridized carbons (Fsp3) is 0.538. The highest BCUT2D eigenvalue weighted by atomic mass is 19.1. The van der Waals surface area contributed by atoms with Crippen molar-refractivity contribution in [1.82, 2.24) is 0 Å². The van der Waals surface area contributed by atoms with Crippen molar-refractivity contribution in [3.63, 3.8) is 0 Å². The van der Waals surface area contributed by atoms with Crippen LogP contribution >= 0.6 is 0 Å². The van der Waals surface area contributed by atoms with Crippen molar-refractivity contribution in [2.24, 2.45) is 11.1 Å². The first-order valence-corrected chi connectivity index (χ1v) is 5.34. The fourth-order valence-electron chi connectivity index (χ4n) is 1.84. The van der Waals surface area contributed by atoms with Crippen molar-refractivity contribution in [3.8, 4) is 0 Å². The predicted octanol–water partition coefficient (Wildman–Crippen LogP) is 3.24. The maximum Gasteiger partial charge on any atom is 0.0968 e. The van der Waals surface area contributed by atoms with Crippen LogP contribution in [0, 0.1) is 5.41 Å². The van der Waals surface area contributed by atoms with Gasteiger partial charge < -0.3 is 5.73 Å². The molecule has 0 saturated carbocycles. The molecule has 1 aromatic carbocycles. The van der Waals surface area contributed by atoms with Crippen LogP contribution in [0.2, 0.25) is 0 Å². The van der Waals surface area contributed by atoms with Crippen LogP contribution in [-0.4, -0.2) is 6.67 Å². The zero-order valence-corrected chi connectivity index (χ0v) is 9.76. The molecule has 1 nitrogen and oxygen atoms in total. The van der Waals surface area contributed by atoms with Crippen LogP contribution in [0.25, 0.3) is 0 Å². The zero-order chi connectivity index (χ0) is 11.5. The minimum absolute atomic E-state index is 0.0694. The predicted molar refractivity (Wildman–Crippen MR) is 62.5 cm³/mol. The van der Waals surface area contributed by atoms with Crippen molar-refractivity contribution in [2.75, 3.05) is 6.67 Å². The maximum absolute atomic E-state index is 13.1. The molecular weight excluding hydrogens is 189 g/mol. The van der Waals surface area contributed by atoms with Gasteiger partial charge in [0, 0.05) is 12.5 Å². The van der Waals surface area contributed by atoms with Crippen LogP contribution in [0.15, 0.2) is 24.3 Å². The van der Waals surface area contributed by atoms with Crippen LogP contribution in [0.4, 0.5) is 4.39 Å². The normalized spacial score (nSPS) is 13.9. The topological polar surface area (TPSA) is 26.0 Å². The van der Waals surface area contributed by atoms with Crippen molar-refractivity contribution in [2.45, 2.75) is 33.2 Å². The average Bonchev–Trinajstić information content (AvgIpc) is 2.17. The zero-order valence-electron chi connectivity index (χ0n) is 9.76. The van der Waals surface area contributed by atoms with Gasteiger partial charge in [0.1, 0.15) is 0 Å². The Morgan fingerprint density at radius 2 is 1.87 bits per heavy atom. The van der Waals surface area contributed by atoms with Crippen molar-refractivity contribution in [3.05, 3.63) is 35.4 Å². The highest BCUT2D eigenvalue weighted by molar-refractivity contribution is 5.31. The number of alkyl halides is 1. The molecule has 1 unspecified atom stereocenters. The largest absolute Gasteiger partial charge is 0.326 e. The second-order valence-corrected chi connectivity index (χ2v) is 4.98. The third-order valence-corrected chi connectivity index (χ3v) is 2.85. The van der Waals surface area contributed by atoms with Gasteiger partial charge in [-0.15, -0.1) is 0 Å². The average molecular weight is 209 g/mol. The highest BCUT2D eigenvalue weighted by Gasteiger charge is 2.27. The van der Waals surface area contributed by atoms with E-state index in [0.29, 0.717) is 6.54 Å². The van der Waals surface area contributed by atoms with Gasteiger partial charge in [0.05, 0.1) is 6.67 Å². The van der Waals surface area contributed by atoms with Crippen LogP contribution < -0.4 is 5.73 Å². The fourth-order valence-corrected chi connectivity index (χ4v) is 1.84. The molecule has 0 aliphatic heterocycles. The SMILES string of the molecule is CC(C)(C)C(CF)c1ccccc1CN. The maximum atomic E-state index is 13.1. The van der Waals surface area contributed by atoms with Crippen LogP contribution in [-0.2, 0) is 6.54 Å². The number of hydrogen-bond acceptors (Lipinski definition) is 1. The lowest BCUT2D eigenvalue weighted by atomic mass is 9.76. The summed E-state index contributed by atoms with van der Waals surface area (Å²) in [7, 11) is 0. The van der Waals surface area contributed by atoms with Gasteiger partial charge in [-0.1, -0.05) is 45.0 Å². The molecule has 84 valence electrons. The summed E-state index contributed by atoms with van der Waals surface area (Å²) in [6, 6.07) is 7.86. The quantitative estimate of drug-likeness (QED) is 0.812.